The van der Waals surface area contributed by atoms with Gasteiger partial charge in [0, 0.05) is 23.2 Å². The fourth-order valence-corrected chi connectivity index (χ4v) is 4.12. The van der Waals surface area contributed by atoms with Crippen molar-refractivity contribution >= 4 is 19.7 Å². The molecule has 19 heavy (non-hydrogen) atoms. The largest absolute Gasteiger partial charge is 0.497 e. The van der Waals surface area contributed by atoms with Crippen molar-refractivity contribution in [1.82, 2.24) is 0 Å². The van der Waals surface area contributed by atoms with Gasteiger partial charge in [-0.1, -0.05) is 12.1 Å². The number of halogens is 1. The number of benzene rings is 1. The first-order valence-corrected chi connectivity index (χ1v) is 8.52. The van der Waals surface area contributed by atoms with Crippen LogP contribution in [0.1, 0.15) is 12.0 Å². The van der Waals surface area contributed by atoms with Crippen molar-refractivity contribution in [2.45, 2.75) is 18.1 Å². The summed E-state index contributed by atoms with van der Waals surface area (Å²) in [6, 6.07) is 7.60. The fourth-order valence-electron chi connectivity index (χ4n) is 2.40. The Morgan fingerprint density at radius 3 is 2.63 bits per heavy atom. The molecule has 1 fully saturated rings. The van der Waals surface area contributed by atoms with Crippen molar-refractivity contribution in [3.8, 4) is 5.75 Å². The van der Waals surface area contributed by atoms with Gasteiger partial charge in [0.15, 0.2) is 0 Å². The van der Waals surface area contributed by atoms with E-state index in [1.165, 1.54) is 0 Å². The second-order valence-corrected chi connectivity index (χ2v) is 7.54. The highest BCUT2D eigenvalue weighted by molar-refractivity contribution is 8.14. The molecular weight excluding hydrogens is 288 g/mol. The van der Waals surface area contributed by atoms with Crippen LogP contribution in [0.25, 0.3) is 0 Å². The van der Waals surface area contributed by atoms with Crippen LogP contribution in [0, 0.1) is 5.92 Å². The molecule has 1 aliphatic rings. The maximum Gasteiger partial charge on any atom is 0.235 e. The Kier molecular flexibility index (Phi) is 4.71. The quantitative estimate of drug-likeness (QED) is 0.800. The molecule has 4 nitrogen and oxygen atoms in total. The highest BCUT2D eigenvalue weighted by atomic mass is 35.7. The summed E-state index contributed by atoms with van der Waals surface area (Å²) in [5, 5.41) is -0.523. The van der Waals surface area contributed by atoms with Crippen molar-refractivity contribution in [3.05, 3.63) is 29.8 Å². The molecule has 0 unspecified atom stereocenters. The van der Waals surface area contributed by atoms with Crippen LogP contribution >= 0.6 is 10.7 Å². The molecule has 0 amide bonds. The maximum atomic E-state index is 11.6. The van der Waals surface area contributed by atoms with Crippen LogP contribution in [0.2, 0.25) is 0 Å². The van der Waals surface area contributed by atoms with Gasteiger partial charge in [-0.3, -0.25) is 0 Å². The van der Waals surface area contributed by atoms with Crippen LogP contribution in [-0.4, -0.2) is 34.0 Å². The molecule has 6 heteroatoms. The van der Waals surface area contributed by atoms with E-state index in [1.807, 2.05) is 24.3 Å². The number of ether oxygens (including phenoxy) is 2. The van der Waals surface area contributed by atoms with Gasteiger partial charge >= 0.3 is 0 Å². The van der Waals surface area contributed by atoms with Crippen LogP contribution in [0.5, 0.6) is 5.75 Å². The minimum atomic E-state index is -3.54. The Labute approximate surface area is 118 Å². The first kappa shape index (κ1) is 14.6. The summed E-state index contributed by atoms with van der Waals surface area (Å²) in [4.78, 5) is 0. The van der Waals surface area contributed by atoms with Crippen molar-refractivity contribution < 1.29 is 17.9 Å². The molecule has 1 saturated heterocycles. The Bertz CT molecular complexity index is 512. The van der Waals surface area contributed by atoms with E-state index in [4.69, 9.17) is 20.2 Å². The molecule has 0 saturated carbocycles. The molecule has 0 spiro atoms. The summed E-state index contributed by atoms with van der Waals surface area (Å²) in [6.07, 6.45) is 1.10. The van der Waals surface area contributed by atoms with Gasteiger partial charge in [-0.25, -0.2) is 8.42 Å². The lowest BCUT2D eigenvalue weighted by atomic mass is 9.93. The summed E-state index contributed by atoms with van der Waals surface area (Å²) in [5.41, 5.74) is 1.06. The van der Waals surface area contributed by atoms with E-state index in [2.05, 4.69) is 0 Å². The zero-order valence-electron chi connectivity index (χ0n) is 10.7. The molecule has 0 radical (unpaired) electrons. The Morgan fingerprint density at radius 1 is 1.37 bits per heavy atom. The van der Waals surface area contributed by atoms with Gasteiger partial charge in [-0.15, -0.1) is 0 Å². The third-order valence-electron chi connectivity index (χ3n) is 3.42. The summed E-state index contributed by atoms with van der Waals surface area (Å²) >= 11 is 0. The monoisotopic (exact) mass is 304 g/mol. The highest BCUT2D eigenvalue weighted by Gasteiger charge is 2.34. The Hall–Kier alpha value is -0.780. The van der Waals surface area contributed by atoms with Crippen molar-refractivity contribution in [3.63, 3.8) is 0 Å². The third kappa shape index (κ3) is 3.84. The number of hydrogen-bond acceptors (Lipinski definition) is 4. The first-order valence-electron chi connectivity index (χ1n) is 6.15. The predicted octanol–water partition coefficient (Wildman–Crippen LogP) is 2.21. The molecule has 0 bridgehead atoms. The molecule has 0 aromatic heterocycles. The zero-order chi connectivity index (χ0) is 13.9. The van der Waals surface area contributed by atoms with Crippen LogP contribution < -0.4 is 4.74 Å². The van der Waals surface area contributed by atoms with Crippen LogP contribution in [0.3, 0.4) is 0 Å². The topological polar surface area (TPSA) is 52.6 Å². The van der Waals surface area contributed by atoms with E-state index in [1.54, 1.807) is 7.11 Å². The summed E-state index contributed by atoms with van der Waals surface area (Å²) < 4.78 is 33.6. The summed E-state index contributed by atoms with van der Waals surface area (Å²) in [6.45, 7) is 0.887. The van der Waals surface area contributed by atoms with Gasteiger partial charge in [0.05, 0.1) is 19.0 Å². The van der Waals surface area contributed by atoms with Crippen LogP contribution in [-0.2, 0) is 20.2 Å². The second kappa shape index (κ2) is 6.11. The van der Waals surface area contributed by atoms with Crippen molar-refractivity contribution in [2.24, 2.45) is 5.92 Å². The average molecular weight is 305 g/mol. The lowest BCUT2D eigenvalue weighted by molar-refractivity contribution is 0.0577. The van der Waals surface area contributed by atoms with Gasteiger partial charge in [-0.2, -0.15) is 0 Å². The number of methoxy groups -OCH3 is 1. The average Bonchev–Trinajstić information content (AvgIpc) is 2.39. The van der Waals surface area contributed by atoms with Crippen molar-refractivity contribution in [2.75, 3.05) is 20.3 Å². The van der Waals surface area contributed by atoms with Crippen molar-refractivity contribution in [1.29, 1.82) is 0 Å². The van der Waals surface area contributed by atoms with Gasteiger partial charge in [0.1, 0.15) is 5.75 Å². The molecule has 106 valence electrons. The fraction of sp³-hybridized carbons (Fsp3) is 0.538. The third-order valence-corrected chi connectivity index (χ3v) is 5.45. The normalized spacial score (nSPS) is 24.1. The lowest BCUT2D eigenvalue weighted by Gasteiger charge is -2.29. The first-order chi connectivity index (χ1) is 9.00. The van der Waals surface area contributed by atoms with E-state index in [-0.39, 0.29) is 5.92 Å². The second-order valence-electron chi connectivity index (χ2n) is 4.69. The SMILES string of the molecule is COc1ccc(C[C@H]2COCC[C@@H]2S(=O)(=O)Cl)cc1. The molecular formula is C13H17ClO4S. The van der Waals surface area contributed by atoms with Gasteiger partial charge in [0.2, 0.25) is 9.05 Å². The molecule has 0 N–H and O–H groups in total. The Morgan fingerprint density at radius 2 is 2.05 bits per heavy atom. The van der Waals surface area contributed by atoms with Crippen LogP contribution in [0.15, 0.2) is 24.3 Å². The number of hydrogen-bond donors (Lipinski definition) is 0. The van der Waals surface area contributed by atoms with Gasteiger partial charge in [-0.05, 0) is 30.5 Å². The smallest absolute Gasteiger partial charge is 0.235 e. The van der Waals surface area contributed by atoms with Gasteiger partial charge in [0.25, 0.3) is 0 Å². The Balaban J connectivity index is 2.10. The molecule has 1 aromatic rings. The standard InChI is InChI=1S/C13H17ClO4S/c1-17-12-4-2-10(3-5-12)8-11-9-18-7-6-13(11)19(14,15)16/h2-5,11,13H,6-9H2,1H3/t11-,13-/m0/s1. The highest BCUT2D eigenvalue weighted by Crippen LogP contribution is 2.28. The zero-order valence-corrected chi connectivity index (χ0v) is 12.3. The molecule has 1 aliphatic heterocycles. The molecule has 1 heterocycles. The van der Waals surface area contributed by atoms with E-state index in [9.17, 15) is 8.42 Å². The molecule has 2 rings (SSSR count). The minimum Gasteiger partial charge on any atom is -0.497 e. The molecule has 1 aromatic carbocycles. The van der Waals surface area contributed by atoms with E-state index in [0.29, 0.717) is 26.1 Å². The van der Waals surface area contributed by atoms with Gasteiger partial charge < -0.3 is 9.47 Å². The molecule has 2 atom stereocenters. The lowest BCUT2D eigenvalue weighted by Crippen LogP contribution is -2.37. The minimum absolute atomic E-state index is 0.0929. The summed E-state index contributed by atoms with van der Waals surface area (Å²) in [5.74, 6) is 0.690. The molecule has 0 aliphatic carbocycles. The maximum absolute atomic E-state index is 11.6. The van der Waals surface area contributed by atoms with Crippen LogP contribution in [0.4, 0.5) is 0 Å². The van der Waals surface area contributed by atoms with E-state index >= 15 is 0 Å². The summed E-state index contributed by atoms with van der Waals surface area (Å²) in [7, 11) is 3.59. The number of rotatable bonds is 4. The van der Waals surface area contributed by atoms with E-state index in [0.717, 1.165) is 11.3 Å². The van der Waals surface area contributed by atoms with E-state index < -0.39 is 14.3 Å². The predicted molar refractivity (Wildman–Crippen MR) is 74.2 cm³/mol.